The van der Waals surface area contributed by atoms with Crippen LogP contribution in [0.15, 0.2) is 35.7 Å². The molecular weight excluding hydrogens is 324 g/mol. The van der Waals surface area contributed by atoms with Crippen LogP contribution >= 0.6 is 11.3 Å². The summed E-state index contributed by atoms with van der Waals surface area (Å²) in [7, 11) is 0. The molecule has 0 bridgehead atoms. The van der Waals surface area contributed by atoms with Crippen LogP contribution in [0.3, 0.4) is 0 Å². The van der Waals surface area contributed by atoms with Gasteiger partial charge in [-0.25, -0.2) is 13.6 Å². The number of benzene rings is 1. The molecule has 0 radical (unpaired) electrons. The SMILES string of the molecule is O=C(O)c1c(C2CC(F)(F)C2)csc1NC(O)c1ccccc1. The molecule has 0 saturated heterocycles. The fourth-order valence-corrected chi connectivity index (χ4v) is 3.78. The van der Waals surface area contributed by atoms with Crippen LogP contribution in [0.25, 0.3) is 0 Å². The fourth-order valence-electron chi connectivity index (χ4n) is 2.72. The van der Waals surface area contributed by atoms with Crippen molar-refractivity contribution < 1.29 is 23.8 Å². The van der Waals surface area contributed by atoms with Crippen molar-refractivity contribution in [3.63, 3.8) is 0 Å². The molecule has 1 atom stereocenters. The number of nitrogens with one attached hydrogen (secondary N) is 1. The maximum atomic E-state index is 13.0. The Labute approximate surface area is 135 Å². The number of halogens is 2. The second-order valence-electron chi connectivity index (χ2n) is 5.62. The Kier molecular flexibility index (Phi) is 4.08. The van der Waals surface area contributed by atoms with Crippen LogP contribution in [-0.4, -0.2) is 22.1 Å². The normalized spacial score (nSPS) is 18.2. The van der Waals surface area contributed by atoms with E-state index in [4.69, 9.17) is 0 Å². The number of aliphatic hydroxyl groups is 1. The predicted molar refractivity (Wildman–Crippen MR) is 83.2 cm³/mol. The number of carboxylic acids is 1. The van der Waals surface area contributed by atoms with E-state index in [2.05, 4.69) is 5.32 Å². The molecule has 23 heavy (non-hydrogen) atoms. The van der Waals surface area contributed by atoms with Crippen molar-refractivity contribution >= 4 is 22.3 Å². The summed E-state index contributed by atoms with van der Waals surface area (Å²) in [5, 5.41) is 24.2. The van der Waals surface area contributed by atoms with Gasteiger partial charge >= 0.3 is 5.97 Å². The summed E-state index contributed by atoms with van der Waals surface area (Å²) >= 11 is 1.11. The number of aliphatic hydroxyl groups excluding tert-OH is 1. The van der Waals surface area contributed by atoms with Crippen LogP contribution in [0.2, 0.25) is 0 Å². The van der Waals surface area contributed by atoms with Gasteiger partial charge in [0.1, 0.15) is 5.00 Å². The first kappa shape index (κ1) is 15.9. The Morgan fingerprint density at radius 1 is 1.30 bits per heavy atom. The smallest absolute Gasteiger partial charge is 0.338 e. The van der Waals surface area contributed by atoms with Gasteiger partial charge in [0, 0.05) is 18.4 Å². The zero-order chi connectivity index (χ0) is 16.6. The first-order valence-electron chi connectivity index (χ1n) is 7.09. The molecule has 1 aromatic heterocycles. The Balaban J connectivity index is 1.83. The van der Waals surface area contributed by atoms with Crippen molar-refractivity contribution in [2.45, 2.75) is 30.9 Å². The van der Waals surface area contributed by atoms with E-state index in [-0.39, 0.29) is 23.4 Å². The summed E-state index contributed by atoms with van der Waals surface area (Å²) in [6.07, 6.45) is -1.72. The van der Waals surface area contributed by atoms with E-state index in [9.17, 15) is 23.8 Å². The van der Waals surface area contributed by atoms with E-state index in [1.165, 1.54) is 0 Å². The molecule has 1 heterocycles. The highest BCUT2D eigenvalue weighted by Gasteiger charge is 2.47. The number of aromatic carboxylic acids is 1. The molecule has 1 saturated carbocycles. The van der Waals surface area contributed by atoms with Gasteiger partial charge in [0.2, 0.25) is 5.92 Å². The zero-order valence-corrected chi connectivity index (χ0v) is 12.8. The maximum Gasteiger partial charge on any atom is 0.338 e. The molecule has 1 unspecified atom stereocenters. The van der Waals surface area contributed by atoms with Gasteiger partial charge in [-0.3, -0.25) is 0 Å². The fraction of sp³-hybridized carbons (Fsp3) is 0.312. The number of anilines is 1. The quantitative estimate of drug-likeness (QED) is 0.719. The molecule has 3 N–H and O–H groups in total. The largest absolute Gasteiger partial charge is 0.478 e. The van der Waals surface area contributed by atoms with Gasteiger partial charge in [-0.2, -0.15) is 0 Å². The van der Waals surface area contributed by atoms with Crippen molar-refractivity contribution in [1.29, 1.82) is 0 Å². The molecule has 3 rings (SSSR count). The maximum absolute atomic E-state index is 13.0. The van der Waals surface area contributed by atoms with E-state index in [0.29, 0.717) is 11.1 Å². The monoisotopic (exact) mass is 339 g/mol. The number of carbonyl (C=O) groups is 1. The summed E-state index contributed by atoms with van der Waals surface area (Å²) in [6, 6.07) is 8.74. The number of hydrogen-bond donors (Lipinski definition) is 3. The molecule has 122 valence electrons. The van der Waals surface area contributed by atoms with Crippen LogP contribution in [0.4, 0.5) is 13.8 Å². The lowest BCUT2D eigenvalue weighted by atomic mass is 9.76. The van der Waals surface area contributed by atoms with E-state index in [1.54, 1.807) is 35.7 Å². The molecule has 0 amide bonds. The van der Waals surface area contributed by atoms with E-state index in [0.717, 1.165) is 11.3 Å². The van der Waals surface area contributed by atoms with E-state index in [1.807, 2.05) is 0 Å². The third-order valence-electron chi connectivity index (χ3n) is 3.95. The number of hydrogen-bond acceptors (Lipinski definition) is 4. The topological polar surface area (TPSA) is 69.6 Å². The molecule has 4 nitrogen and oxygen atoms in total. The van der Waals surface area contributed by atoms with Crippen LogP contribution in [0.1, 0.15) is 46.5 Å². The van der Waals surface area contributed by atoms with E-state index >= 15 is 0 Å². The van der Waals surface area contributed by atoms with Gasteiger partial charge in [-0.1, -0.05) is 30.3 Å². The Hall–Kier alpha value is -1.99. The number of carboxylic acid groups (broad SMARTS) is 1. The second-order valence-corrected chi connectivity index (χ2v) is 6.50. The number of rotatable bonds is 5. The third kappa shape index (κ3) is 3.20. The molecule has 0 spiro atoms. The van der Waals surface area contributed by atoms with Crippen LogP contribution in [0, 0.1) is 0 Å². The van der Waals surface area contributed by atoms with Crippen molar-refractivity contribution in [3.8, 4) is 0 Å². The summed E-state index contributed by atoms with van der Waals surface area (Å²) in [5.41, 5.74) is 0.982. The van der Waals surface area contributed by atoms with Crippen molar-refractivity contribution in [1.82, 2.24) is 0 Å². The first-order chi connectivity index (χ1) is 10.9. The van der Waals surface area contributed by atoms with Gasteiger partial charge in [0.05, 0.1) is 5.56 Å². The Bertz CT molecular complexity index is 709. The molecule has 0 aliphatic heterocycles. The number of thiophene rings is 1. The van der Waals surface area contributed by atoms with Gasteiger partial charge in [-0.15, -0.1) is 11.3 Å². The van der Waals surface area contributed by atoms with Gasteiger partial charge < -0.3 is 15.5 Å². The highest BCUT2D eigenvalue weighted by Crippen LogP contribution is 2.51. The standard InChI is InChI=1S/C16H15F2NO3S/c17-16(18)6-10(7-16)11-8-23-14(12(11)15(21)22)19-13(20)9-4-2-1-3-5-9/h1-5,8,10,13,19-20H,6-7H2,(H,21,22). The van der Waals surface area contributed by atoms with Crippen molar-refractivity contribution in [2.24, 2.45) is 0 Å². The summed E-state index contributed by atoms with van der Waals surface area (Å²) in [4.78, 5) is 11.5. The van der Waals surface area contributed by atoms with Crippen LogP contribution in [-0.2, 0) is 0 Å². The van der Waals surface area contributed by atoms with Gasteiger partial charge in [0.15, 0.2) is 6.23 Å². The molecule has 1 aromatic carbocycles. The minimum atomic E-state index is -2.71. The molecular formula is C16H15F2NO3S. The van der Waals surface area contributed by atoms with E-state index < -0.39 is 24.0 Å². The predicted octanol–water partition coefficient (Wildman–Crippen LogP) is 4.06. The van der Waals surface area contributed by atoms with Crippen molar-refractivity contribution in [3.05, 3.63) is 52.4 Å². The Morgan fingerprint density at radius 2 is 1.96 bits per heavy atom. The third-order valence-corrected chi connectivity index (χ3v) is 4.88. The lowest BCUT2D eigenvalue weighted by Gasteiger charge is -2.35. The van der Waals surface area contributed by atoms with Crippen LogP contribution in [0.5, 0.6) is 0 Å². The average molecular weight is 339 g/mol. The van der Waals surface area contributed by atoms with Crippen molar-refractivity contribution in [2.75, 3.05) is 5.32 Å². The highest BCUT2D eigenvalue weighted by atomic mass is 32.1. The summed E-state index contributed by atoms with van der Waals surface area (Å²) in [6.45, 7) is 0. The molecule has 1 aliphatic rings. The lowest BCUT2D eigenvalue weighted by molar-refractivity contribution is -0.0868. The summed E-state index contributed by atoms with van der Waals surface area (Å²) < 4.78 is 26.1. The van der Waals surface area contributed by atoms with Gasteiger partial charge in [0.25, 0.3) is 0 Å². The molecule has 1 fully saturated rings. The van der Waals surface area contributed by atoms with Crippen LogP contribution < -0.4 is 5.32 Å². The average Bonchev–Trinajstić information content (AvgIpc) is 2.89. The minimum Gasteiger partial charge on any atom is -0.478 e. The second kappa shape index (κ2) is 5.90. The number of alkyl halides is 2. The highest BCUT2D eigenvalue weighted by molar-refractivity contribution is 7.14. The molecule has 2 aromatic rings. The molecule has 7 heteroatoms. The summed E-state index contributed by atoms with van der Waals surface area (Å²) in [5.74, 6) is -4.34. The first-order valence-corrected chi connectivity index (χ1v) is 7.97. The lowest BCUT2D eigenvalue weighted by Crippen LogP contribution is -2.34. The zero-order valence-electron chi connectivity index (χ0n) is 12.0. The van der Waals surface area contributed by atoms with Gasteiger partial charge in [-0.05, 0) is 16.9 Å². The molecule has 1 aliphatic carbocycles. The minimum absolute atomic E-state index is 0.0227. The Morgan fingerprint density at radius 3 is 2.52 bits per heavy atom.